The first-order chi connectivity index (χ1) is 11.7. The zero-order chi connectivity index (χ0) is 16.5. The van der Waals surface area contributed by atoms with E-state index in [1.165, 1.54) is 0 Å². The van der Waals surface area contributed by atoms with Gasteiger partial charge >= 0.3 is 0 Å². The molecule has 2 atom stereocenters. The van der Waals surface area contributed by atoms with Gasteiger partial charge in [0, 0.05) is 32.9 Å². The van der Waals surface area contributed by atoms with Crippen molar-refractivity contribution in [2.45, 2.75) is 12.6 Å². The summed E-state index contributed by atoms with van der Waals surface area (Å²) < 4.78 is 7.65. The van der Waals surface area contributed by atoms with Crippen molar-refractivity contribution in [3.63, 3.8) is 0 Å². The second-order valence-electron chi connectivity index (χ2n) is 6.60. The quantitative estimate of drug-likeness (QED) is 0.849. The van der Waals surface area contributed by atoms with E-state index in [0.717, 1.165) is 31.0 Å². The Balaban J connectivity index is 1.57. The smallest absolute Gasteiger partial charge is 0.229 e. The second-order valence-corrected chi connectivity index (χ2v) is 6.60. The van der Waals surface area contributed by atoms with Gasteiger partial charge in [0.2, 0.25) is 5.91 Å². The van der Waals surface area contributed by atoms with E-state index in [-0.39, 0.29) is 17.9 Å². The van der Waals surface area contributed by atoms with Crippen molar-refractivity contribution in [2.24, 2.45) is 5.92 Å². The molecule has 0 saturated carbocycles. The van der Waals surface area contributed by atoms with E-state index in [1.54, 1.807) is 0 Å². The Bertz CT molecular complexity index is 715. The first kappa shape index (κ1) is 15.4. The zero-order valence-corrected chi connectivity index (χ0v) is 13.8. The molecule has 0 aliphatic carbocycles. The van der Waals surface area contributed by atoms with Crippen LogP contribution in [0.4, 0.5) is 0 Å². The maximum atomic E-state index is 12.5. The molecule has 3 heterocycles. The van der Waals surface area contributed by atoms with Gasteiger partial charge in [0.25, 0.3) is 0 Å². The van der Waals surface area contributed by atoms with Crippen LogP contribution in [0.15, 0.2) is 42.6 Å². The van der Waals surface area contributed by atoms with Gasteiger partial charge in [-0.25, -0.2) is 4.68 Å². The van der Waals surface area contributed by atoms with Gasteiger partial charge in [-0.1, -0.05) is 18.2 Å². The number of rotatable bonds is 3. The molecule has 6 nitrogen and oxygen atoms in total. The third kappa shape index (κ3) is 2.83. The molecule has 4 rings (SSSR count). The molecule has 24 heavy (non-hydrogen) atoms. The lowest BCUT2D eigenvalue weighted by Gasteiger charge is -2.29. The standard InChI is InChI=1S/C18H22N4O2/c1-20-17-11-21(9-14(18(20)23)12-24-13-17)10-16-7-8-19-22(16)15-5-3-2-4-6-15/h2-8,14,17H,9-13H2,1H3/t14-,17+/m1/s1. The topological polar surface area (TPSA) is 50.6 Å². The summed E-state index contributed by atoms with van der Waals surface area (Å²) >= 11 is 0. The molecular formula is C18H22N4O2. The van der Waals surface area contributed by atoms with Crippen LogP contribution in [-0.2, 0) is 16.1 Å². The lowest BCUT2D eigenvalue weighted by Crippen LogP contribution is -2.43. The molecule has 2 saturated heterocycles. The molecule has 6 heteroatoms. The fourth-order valence-corrected chi connectivity index (χ4v) is 3.60. The van der Waals surface area contributed by atoms with Gasteiger partial charge in [-0.3, -0.25) is 9.69 Å². The zero-order valence-electron chi connectivity index (χ0n) is 13.8. The number of aromatic nitrogens is 2. The Morgan fingerprint density at radius 3 is 2.83 bits per heavy atom. The molecule has 0 radical (unpaired) electrons. The fourth-order valence-electron chi connectivity index (χ4n) is 3.60. The number of para-hydroxylation sites is 1. The average Bonchev–Trinajstić information content (AvgIpc) is 2.96. The molecule has 0 N–H and O–H groups in total. The van der Waals surface area contributed by atoms with Gasteiger partial charge in [0.05, 0.1) is 36.6 Å². The molecule has 2 aromatic rings. The average molecular weight is 326 g/mol. The van der Waals surface area contributed by atoms with E-state index in [0.29, 0.717) is 13.2 Å². The summed E-state index contributed by atoms with van der Waals surface area (Å²) in [7, 11) is 1.90. The third-order valence-corrected chi connectivity index (χ3v) is 4.93. The van der Waals surface area contributed by atoms with E-state index in [1.807, 2.05) is 41.0 Å². The summed E-state index contributed by atoms with van der Waals surface area (Å²) in [5.41, 5.74) is 2.20. The Kier molecular flexibility index (Phi) is 4.08. The predicted octanol–water partition coefficient (Wildman–Crippen LogP) is 1.16. The number of carbonyl (C=O) groups excluding carboxylic acids is 1. The maximum Gasteiger partial charge on any atom is 0.229 e. The fraction of sp³-hybridized carbons (Fsp3) is 0.444. The number of hydrogen-bond acceptors (Lipinski definition) is 4. The highest BCUT2D eigenvalue weighted by atomic mass is 16.5. The van der Waals surface area contributed by atoms with Gasteiger partial charge in [0.15, 0.2) is 0 Å². The monoisotopic (exact) mass is 326 g/mol. The summed E-state index contributed by atoms with van der Waals surface area (Å²) in [5.74, 6) is 0.132. The van der Waals surface area contributed by atoms with Crippen molar-refractivity contribution in [3.8, 4) is 5.69 Å². The highest BCUT2D eigenvalue weighted by Crippen LogP contribution is 2.21. The van der Waals surface area contributed by atoms with Crippen molar-refractivity contribution in [2.75, 3.05) is 33.4 Å². The minimum Gasteiger partial charge on any atom is -0.378 e. The second kappa shape index (κ2) is 6.37. The number of hydrogen-bond donors (Lipinski definition) is 0. The summed E-state index contributed by atoms with van der Waals surface area (Å²) in [6.45, 7) is 3.49. The lowest BCUT2D eigenvalue weighted by molar-refractivity contribution is -0.133. The van der Waals surface area contributed by atoms with E-state index < -0.39 is 0 Å². The van der Waals surface area contributed by atoms with Crippen molar-refractivity contribution in [3.05, 3.63) is 48.3 Å². The summed E-state index contributed by atoms with van der Waals surface area (Å²) in [6.07, 6.45) is 1.83. The number of benzene rings is 1. The van der Waals surface area contributed by atoms with Crippen LogP contribution in [0.5, 0.6) is 0 Å². The number of likely N-dealkylation sites (N-methyl/N-ethyl adjacent to an activating group) is 1. The first-order valence-electron chi connectivity index (χ1n) is 8.37. The number of amides is 1. The highest BCUT2D eigenvalue weighted by molar-refractivity contribution is 5.79. The van der Waals surface area contributed by atoms with Crippen molar-refractivity contribution >= 4 is 5.91 Å². The summed E-state index contributed by atoms with van der Waals surface area (Å²) in [6, 6.07) is 12.3. The molecule has 2 bridgehead atoms. The summed E-state index contributed by atoms with van der Waals surface area (Å²) in [4.78, 5) is 16.7. The largest absolute Gasteiger partial charge is 0.378 e. The SMILES string of the molecule is CN1C(=O)[C@H]2COC[C@@H]1CN(Cc1ccnn1-c1ccccc1)C2. The number of fused-ring (bicyclic) bond motifs is 3. The van der Waals surface area contributed by atoms with Gasteiger partial charge in [-0.05, 0) is 18.2 Å². The van der Waals surface area contributed by atoms with Crippen LogP contribution in [-0.4, -0.2) is 64.9 Å². The Labute approximate surface area is 141 Å². The molecule has 2 aliphatic heterocycles. The normalized spacial score (nSPS) is 24.9. The van der Waals surface area contributed by atoms with E-state index in [4.69, 9.17) is 4.74 Å². The van der Waals surface area contributed by atoms with Crippen LogP contribution < -0.4 is 0 Å². The van der Waals surface area contributed by atoms with Crippen LogP contribution in [0.25, 0.3) is 5.69 Å². The molecule has 1 amide bonds. The van der Waals surface area contributed by atoms with Gasteiger partial charge in [-0.2, -0.15) is 5.10 Å². The molecule has 1 aromatic heterocycles. The van der Waals surface area contributed by atoms with Crippen LogP contribution >= 0.6 is 0 Å². The minimum absolute atomic E-state index is 0.0735. The first-order valence-corrected chi connectivity index (χ1v) is 8.37. The van der Waals surface area contributed by atoms with Crippen molar-refractivity contribution < 1.29 is 9.53 Å². The molecule has 2 aliphatic rings. The molecule has 1 aromatic carbocycles. The van der Waals surface area contributed by atoms with Gasteiger partial charge in [-0.15, -0.1) is 0 Å². The van der Waals surface area contributed by atoms with Gasteiger partial charge in [0.1, 0.15) is 0 Å². The maximum absolute atomic E-state index is 12.5. The Morgan fingerprint density at radius 1 is 1.17 bits per heavy atom. The highest BCUT2D eigenvalue weighted by Gasteiger charge is 2.37. The van der Waals surface area contributed by atoms with Crippen molar-refractivity contribution in [1.82, 2.24) is 19.6 Å². The molecule has 0 unspecified atom stereocenters. The minimum atomic E-state index is -0.0735. The van der Waals surface area contributed by atoms with E-state index >= 15 is 0 Å². The van der Waals surface area contributed by atoms with Gasteiger partial charge < -0.3 is 9.64 Å². The molecule has 2 fully saturated rings. The third-order valence-electron chi connectivity index (χ3n) is 4.93. The summed E-state index contributed by atoms with van der Waals surface area (Å²) in [5, 5.41) is 4.47. The number of carbonyl (C=O) groups is 1. The van der Waals surface area contributed by atoms with E-state index in [9.17, 15) is 4.79 Å². The Hall–Kier alpha value is -2.18. The van der Waals surface area contributed by atoms with Crippen LogP contribution in [0.2, 0.25) is 0 Å². The van der Waals surface area contributed by atoms with Crippen molar-refractivity contribution in [1.29, 1.82) is 0 Å². The molecular weight excluding hydrogens is 304 g/mol. The van der Waals surface area contributed by atoms with Crippen LogP contribution in [0.3, 0.4) is 0 Å². The molecule has 126 valence electrons. The number of nitrogens with zero attached hydrogens (tertiary/aromatic N) is 4. The van der Waals surface area contributed by atoms with Crippen LogP contribution in [0.1, 0.15) is 5.69 Å². The van der Waals surface area contributed by atoms with Crippen LogP contribution in [0, 0.1) is 5.92 Å². The molecule has 0 spiro atoms. The lowest BCUT2D eigenvalue weighted by atomic mass is 10.1. The predicted molar refractivity (Wildman–Crippen MR) is 89.7 cm³/mol. The number of ether oxygens (including phenoxy) is 1. The van der Waals surface area contributed by atoms with E-state index in [2.05, 4.69) is 28.2 Å². The Morgan fingerprint density at radius 2 is 2.00 bits per heavy atom.